The van der Waals surface area contributed by atoms with Crippen molar-refractivity contribution in [2.24, 2.45) is 0 Å². The zero-order valence-corrected chi connectivity index (χ0v) is 17.3. The Labute approximate surface area is 163 Å². The predicted molar refractivity (Wildman–Crippen MR) is 113 cm³/mol. The summed E-state index contributed by atoms with van der Waals surface area (Å²) in [6, 6.07) is 4.77. The van der Waals surface area contributed by atoms with Gasteiger partial charge in [-0.2, -0.15) is 0 Å². The first kappa shape index (κ1) is 15.3. The first-order valence-corrected chi connectivity index (χ1v) is 13.0. The molecule has 0 atom stereocenters. The van der Waals surface area contributed by atoms with Crippen molar-refractivity contribution in [3.05, 3.63) is 50.7 Å². The Bertz CT molecular complexity index is 679. The van der Waals surface area contributed by atoms with E-state index in [2.05, 4.69) is 33.8 Å². The average Bonchev–Trinajstić information content (AvgIpc) is 3.27. The van der Waals surface area contributed by atoms with Crippen molar-refractivity contribution in [2.45, 2.75) is 19.6 Å². The molecule has 0 nitrogen and oxygen atoms in total. The molecular formula is C14H6S8. The van der Waals surface area contributed by atoms with Crippen LogP contribution < -0.4 is 0 Å². The Balaban J connectivity index is 1.45. The third-order valence-electron chi connectivity index (χ3n) is 2.97. The maximum atomic E-state index is 2.39. The monoisotopic (exact) mass is 430 g/mol. The molecule has 0 saturated carbocycles. The summed E-state index contributed by atoms with van der Waals surface area (Å²) in [5.74, 6) is 0. The Kier molecular flexibility index (Phi) is 4.41. The van der Waals surface area contributed by atoms with Crippen molar-refractivity contribution in [1.29, 1.82) is 0 Å². The summed E-state index contributed by atoms with van der Waals surface area (Å²) < 4.78 is 5.75. The lowest BCUT2D eigenvalue weighted by atomic mass is 10.3. The lowest BCUT2D eigenvalue weighted by Crippen LogP contribution is -1.74. The fraction of sp³-hybridized carbons (Fsp3) is 0. The molecular weight excluding hydrogens is 425 g/mol. The molecule has 5 rings (SSSR count). The third-order valence-corrected chi connectivity index (χ3v) is 13.3. The van der Waals surface area contributed by atoms with E-state index in [0.29, 0.717) is 0 Å². The molecule has 8 heteroatoms. The second-order valence-corrected chi connectivity index (χ2v) is 13.2. The van der Waals surface area contributed by atoms with E-state index >= 15 is 0 Å². The minimum absolute atomic E-state index is 1.42. The van der Waals surface area contributed by atoms with Crippen LogP contribution in [0.4, 0.5) is 0 Å². The number of hydrogen-bond donors (Lipinski definition) is 0. The van der Waals surface area contributed by atoms with E-state index in [1.807, 2.05) is 94.1 Å². The minimum Gasteiger partial charge on any atom is -0.0884 e. The highest BCUT2D eigenvalue weighted by Crippen LogP contribution is 2.63. The number of thioether (sulfide) groups is 8. The quantitative estimate of drug-likeness (QED) is 0.398. The predicted octanol–water partition coefficient (Wildman–Crippen LogP) is 8.24. The normalized spacial score (nSPS) is 22.2. The van der Waals surface area contributed by atoms with E-state index < -0.39 is 0 Å². The van der Waals surface area contributed by atoms with Crippen LogP contribution in [0.1, 0.15) is 0 Å². The van der Waals surface area contributed by atoms with Crippen molar-refractivity contribution in [3.63, 3.8) is 0 Å². The number of benzene rings is 1. The van der Waals surface area contributed by atoms with Gasteiger partial charge < -0.3 is 0 Å². The van der Waals surface area contributed by atoms with Gasteiger partial charge in [0, 0.05) is 19.6 Å². The van der Waals surface area contributed by atoms with Crippen molar-refractivity contribution in [1.82, 2.24) is 0 Å². The van der Waals surface area contributed by atoms with Crippen LogP contribution in [0.2, 0.25) is 0 Å². The van der Waals surface area contributed by atoms with Crippen LogP contribution >= 0.6 is 94.1 Å². The fourth-order valence-corrected chi connectivity index (χ4v) is 11.6. The van der Waals surface area contributed by atoms with Gasteiger partial charge >= 0.3 is 0 Å². The van der Waals surface area contributed by atoms with Crippen LogP contribution in [-0.2, 0) is 0 Å². The summed E-state index contributed by atoms with van der Waals surface area (Å²) in [6.45, 7) is 0. The van der Waals surface area contributed by atoms with Gasteiger partial charge in [-0.1, -0.05) is 94.1 Å². The van der Waals surface area contributed by atoms with Gasteiger partial charge in [-0.15, -0.1) is 0 Å². The number of hydrogen-bond acceptors (Lipinski definition) is 8. The molecule has 0 fully saturated rings. The molecule has 0 amide bonds. The largest absolute Gasteiger partial charge is 0.0884 e. The van der Waals surface area contributed by atoms with E-state index in [9.17, 15) is 0 Å². The van der Waals surface area contributed by atoms with Crippen molar-refractivity contribution >= 4 is 94.1 Å². The zero-order chi connectivity index (χ0) is 14.5. The fourth-order valence-electron chi connectivity index (χ4n) is 2.06. The zero-order valence-electron chi connectivity index (χ0n) is 10.7. The van der Waals surface area contributed by atoms with Gasteiger partial charge in [0.25, 0.3) is 0 Å². The van der Waals surface area contributed by atoms with Crippen LogP contribution in [0.5, 0.6) is 0 Å². The molecule has 0 aliphatic carbocycles. The molecule has 0 unspecified atom stereocenters. The first-order valence-electron chi connectivity index (χ1n) is 6.21. The number of fused-ring (bicyclic) bond motifs is 2. The molecule has 0 N–H and O–H groups in total. The maximum absolute atomic E-state index is 2.39. The van der Waals surface area contributed by atoms with Gasteiger partial charge in [-0.25, -0.2) is 0 Å². The highest BCUT2D eigenvalue weighted by molar-refractivity contribution is 8.33. The lowest BCUT2D eigenvalue weighted by molar-refractivity contribution is 1.11. The van der Waals surface area contributed by atoms with E-state index in [1.165, 1.54) is 36.5 Å². The molecule has 1 aromatic carbocycles. The highest BCUT2D eigenvalue weighted by atomic mass is 32.2. The van der Waals surface area contributed by atoms with Crippen LogP contribution in [0.25, 0.3) is 0 Å². The summed E-state index contributed by atoms with van der Waals surface area (Å²) >= 11 is 15.1. The summed E-state index contributed by atoms with van der Waals surface area (Å²) in [5, 5.41) is 8.69. The van der Waals surface area contributed by atoms with Crippen molar-refractivity contribution < 1.29 is 0 Å². The Morgan fingerprint density at radius 3 is 1.05 bits per heavy atom. The summed E-state index contributed by atoms with van der Waals surface area (Å²) in [6.07, 6.45) is 0. The van der Waals surface area contributed by atoms with E-state index in [1.54, 1.807) is 0 Å². The van der Waals surface area contributed by atoms with Gasteiger partial charge in [0.2, 0.25) is 0 Å². The van der Waals surface area contributed by atoms with Gasteiger partial charge in [0.15, 0.2) is 0 Å². The topological polar surface area (TPSA) is 0 Å². The maximum Gasteiger partial charge on any atom is 0.0706 e. The summed E-state index contributed by atoms with van der Waals surface area (Å²) in [5.41, 5.74) is 0. The Morgan fingerprint density at radius 2 is 0.727 bits per heavy atom. The van der Waals surface area contributed by atoms with Gasteiger partial charge in [-0.3, -0.25) is 0 Å². The van der Waals surface area contributed by atoms with Crippen LogP contribution in [0.15, 0.2) is 70.3 Å². The van der Waals surface area contributed by atoms with Crippen LogP contribution in [-0.4, -0.2) is 0 Å². The molecule has 4 aliphatic heterocycles. The molecule has 4 aliphatic rings. The van der Waals surface area contributed by atoms with Crippen LogP contribution in [0.3, 0.4) is 0 Å². The van der Waals surface area contributed by atoms with Gasteiger partial charge in [-0.05, 0) is 33.8 Å². The summed E-state index contributed by atoms with van der Waals surface area (Å²) in [7, 11) is 0. The second-order valence-electron chi connectivity index (χ2n) is 4.32. The molecule has 110 valence electrons. The molecule has 1 aromatic rings. The first-order chi connectivity index (χ1) is 10.9. The Morgan fingerprint density at radius 1 is 0.409 bits per heavy atom. The molecule has 0 spiro atoms. The number of rotatable bonds is 0. The SMILES string of the molecule is C1=CSC(=C2Sc3cc4c(cc3S2)SC(=C2SC=CS2)S4)S1. The molecule has 22 heavy (non-hydrogen) atoms. The molecule has 0 bridgehead atoms. The van der Waals surface area contributed by atoms with E-state index in [4.69, 9.17) is 0 Å². The van der Waals surface area contributed by atoms with Gasteiger partial charge in [0.1, 0.15) is 0 Å². The molecule has 0 saturated heterocycles. The molecule has 0 radical (unpaired) electrons. The third kappa shape index (κ3) is 2.77. The second kappa shape index (κ2) is 6.37. The van der Waals surface area contributed by atoms with Crippen LogP contribution in [0, 0.1) is 0 Å². The minimum atomic E-state index is 1.42. The average molecular weight is 431 g/mol. The summed E-state index contributed by atoms with van der Waals surface area (Å²) in [4.78, 5) is 5.68. The van der Waals surface area contributed by atoms with E-state index in [0.717, 1.165) is 0 Å². The smallest absolute Gasteiger partial charge is 0.0706 e. The lowest BCUT2D eigenvalue weighted by Gasteiger charge is -1.99. The van der Waals surface area contributed by atoms with Crippen molar-refractivity contribution in [2.75, 3.05) is 0 Å². The molecule has 4 heterocycles. The van der Waals surface area contributed by atoms with E-state index in [-0.39, 0.29) is 0 Å². The van der Waals surface area contributed by atoms with Crippen molar-refractivity contribution in [3.8, 4) is 0 Å². The van der Waals surface area contributed by atoms with Gasteiger partial charge in [0.05, 0.1) is 16.9 Å². The Hall–Kier alpha value is 0.980. The highest BCUT2D eigenvalue weighted by Gasteiger charge is 2.28. The standard InChI is InChI=1S/C14H6S8/c1-2-16-11(15-1)13-19-7-5-9-10(6-8(7)20-13)22-14(21-9)12-17-3-4-18-12/h1-6H. The molecule has 0 aromatic heterocycles.